The van der Waals surface area contributed by atoms with Gasteiger partial charge in [0.1, 0.15) is 4.34 Å². The molecule has 4 heteroatoms. The van der Waals surface area contributed by atoms with Crippen LogP contribution in [0.3, 0.4) is 0 Å². The molecule has 0 amide bonds. The summed E-state index contributed by atoms with van der Waals surface area (Å²) in [6.07, 6.45) is 7.20. The number of hydrogen-bond donors (Lipinski definition) is 1. The van der Waals surface area contributed by atoms with E-state index >= 15 is 0 Å². The summed E-state index contributed by atoms with van der Waals surface area (Å²) in [4.78, 5) is 1.37. The van der Waals surface area contributed by atoms with Crippen molar-refractivity contribution >= 4 is 38.9 Å². The molecule has 1 N–H and O–H groups in total. The van der Waals surface area contributed by atoms with Gasteiger partial charge in [0, 0.05) is 15.4 Å². The van der Waals surface area contributed by atoms with Crippen LogP contribution in [0.5, 0.6) is 0 Å². The maximum absolute atomic E-state index is 6.15. The van der Waals surface area contributed by atoms with Crippen LogP contribution in [0.1, 0.15) is 43.0 Å². The molecule has 0 aliphatic heterocycles. The van der Waals surface area contributed by atoms with Gasteiger partial charge in [0.2, 0.25) is 0 Å². The lowest BCUT2D eigenvalue weighted by molar-refractivity contribution is 0.285. The fraction of sp³-hybridized carbons (Fsp3) is 0.714. The Morgan fingerprint density at radius 1 is 1.50 bits per heavy atom. The molecule has 2 bridgehead atoms. The number of hydrogen-bond acceptors (Lipinski definition) is 2. The molecular weight excluding hydrogens is 330 g/mol. The maximum atomic E-state index is 6.15. The van der Waals surface area contributed by atoms with Gasteiger partial charge in [-0.15, -0.1) is 11.3 Å². The normalized spacial score (nSPS) is 32.1. The quantitative estimate of drug-likeness (QED) is 0.783. The number of halogens is 2. The highest BCUT2D eigenvalue weighted by molar-refractivity contribution is 9.10. The van der Waals surface area contributed by atoms with E-state index in [1.807, 2.05) is 0 Å². The van der Waals surface area contributed by atoms with Gasteiger partial charge in [0.25, 0.3) is 0 Å². The molecule has 0 spiro atoms. The number of fused-ring (bicyclic) bond motifs is 2. The van der Waals surface area contributed by atoms with Gasteiger partial charge in [-0.05, 0) is 72.5 Å². The first-order chi connectivity index (χ1) is 8.67. The van der Waals surface area contributed by atoms with Gasteiger partial charge in [0.15, 0.2) is 0 Å². The van der Waals surface area contributed by atoms with Gasteiger partial charge >= 0.3 is 0 Å². The van der Waals surface area contributed by atoms with Crippen LogP contribution in [0.25, 0.3) is 0 Å². The Hall–Kier alpha value is 0.430. The van der Waals surface area contributed by atoms with Crippen LogP contribution >= 0.6 is 38.9 Å². The number of rotatable bonds is 4. The van der Waals surface area contributed by atoms with E-state index in [0.29, 0.717) is 6.04 Å². The van der Waals surface area contributed by atoms with Crippen LogP contribution in [0, 0.1) is 17.8 Å². The predicted molar refractivity (Wildman–Crippen MR) is 82.4 cm³/mol. The first kappa shape index (κ1) is 13.4. The molecule has 2 aliphatic rings. The highest BCUT2D eigenvalue weighted by Gasteiger charge is 2.40. The summed E-state index contributed by atoms with van der Waals surface area (Å²) in [5, 5.41) is 3.48. The Morgan fingerprint density at radius 2 is 2.33 bits per heavy atom. The molecule has 2 aliphatic carbocycles. The van der Waals surface area contributed by atoms with Crippen molar-refractivity contribution in [3.63, 3.8) is 0 Å². The van der Waals surface area contributed by atoms with E-state index in [-0.39, 0.29) is 0 Å². The SMILES string of the molecule is CNC(CC1CC2CCC1C2)c1cc(Br)c(Cl)s1. The molecule has 0 radical (unpaired) electrons. The number of thiophene rings is 1. The van der Waals surface area contributed by atoms with Gasteiger partial charge in [-0.3, -0.25) is 0 Å². The van der Waals surface area contributed by atoms with Crippen molar-refractivity contribution in [1.29, 1.82) is 0 Å². The Labute approximate surface area is 126 Å². The van der Waals surface area contributed by atoms with Crippen molar-refractivity contribution in [2.45, 2.75) is 38.1 Å². The van der Waals surface area contributed by atoms with Crippen molar-refractivity contribution in [3.8, 4) is 0 Å². The van der Waals surface area contributed by atoms with Gasteiger partial charge < -0.3 is 5.32 Å². The molecule has 18 heavy (non-hydrogen) atoms. The van der Waals surface area contributed by atoms with Crippen molar-refractivity contribution in [1.82, 2.24) is 5.32 Å². The molecule has 4 unspecified atom stereocenters. The molecule has 1 nitrogen and oxygen atoms in total. The summed E-state index contributed by atoms with van der Waals surface area (Å²) < 4.78 is 1.91. The molecule has 4 atom stereocenters. The third-order valence-corrected chi connectivity index (χ3v) is 7.37. The highest BCUT2D eigenvalue weighted by Crippen LogP contribution is 2.51. The van der Waals surface area contributed by atoms with Gasteiger partial charge in [-0.2, -0.15) is 0 Å². The Bertz CT molecular complexity index is 414. The highest BCUT2D eigenvalue weighted by atomic mass is 79.9. The van der Waals surface area contributed by atoms with Crippen LogP contribution in [-0.2, 0) is 0 Å². The molecule has 100 valence electrons. The van der Waals surface area contributed by atoms with Crippen LogP contribution < -0.4 is 5.32 Å². The van der Waals surface area contributed by atoms with Crippen molar-refractivity contribution < 1.29 is 0 Å². The average molecular weight is 349 g/mol. The third-order valence-electron chi connectivity index (χ3n) is 4.78. The minimum Gasteiger partial charge on any atom is -0.312 e. The second kappa shape index (κ2) is 5.43. The molecule has 1 aromatic heterocycles. The first-order valence-corrected chi connectivity index (χ1v) is 8.78. The van der Waals surface area contributed by atoms with E-state index in [1.54, 1.807) is 11.3 Å². The Morgan fingerprint density at radius 3 is 2.83 bits per heavy atom. The first-order valence-electron chi connectivity index (χ1n) is 6.79. The van der Waals surface area contributed by atoms with Crippen molar-refractivity contribution in [3.05, 3.63) is 19.8 Å². The monoisotopic (exact) mass is 347 g/mol. The fourth-order valence-electron chi connectivity index (χ4n) is 3.88. The second-order valence-corrected chi connectivity index (χ2v) is 8.32. The van der Waals surface area contributed by atoms with E-state index in [2.05, 4.69) is 34.4 Å². The standard InChI is InChI=1S/C14H19BrClNS/c1-17-12(13-7-11(15)14(16)18-13)6-10-5-8-2-3-9(10)4-8/h7-10,12,17H,2-6H2,1H3. The van der Waals surface area contributed by atoms with Crippen LogP contribution in [0.4, 0.5) is 0 Å². The molecule has 0 saturated heterocycles. The van der Waals surface area contributed by atoms with Crippen LogP contribution in [0.2, 0.25) is 4.34 Å². The minimum atomic E-state index is 0.475. The lowest BCUT2D eigenvalue weighted by Gasteiger charge is -2.26. The number of nitrogens with one attached hydrogen (secondary N) is 1. The predicted octanol–water partition coefficient (Wildman–Crippen LogP) is 5.25. The molecule has 1 heterocycles. The molecular formula is C14H19BrClNS. The van der Waals surface area contributed by atoms with Crippen molar-refractivity contribution in [2.24, 2.45) is 17.8 Å². The third kappa shape index (κ3) is 2.52. The zero-order valence-electron chi connectivity index (χ0n) is 10.6. The molecule has 3 rings (SSSR count). The lowest BCUT2D eigenvalue weighted by atomic mass is 9.84. The summed E-state index contributed by atoms with van der Waals surface area (Å²) in [5.41, 5.74) is 0. The zero-order chi connectivity index (χ0) is 12.7. The Kier molecular flexibility index (Phi) is 4.05. The molecule has 1 aromatic rings. The molecule has 0 aromatic carbocycles. The summed E-state index contributed by atoms with van der Waals surface area (Å²) in [7, 11) is 2.07. The van der Waals surface area contributed by atoms with Gasteiger partial charge in [-0.25, -0.2) is 0 Å². The van der Waals surface area contributed by atoms with Gasteiger partial charge in [0.05, 0.1) is 0 Å². The molecule has 2 fully saturated rings. The summed E-state index contributed by atoms with van der Waals surface area (Å²) in [5.74, 6) is 2.97. The van der Waals surface area contributed by atoms with Crippen LogP contribution in [0.15, 0.2) is 10.5 Å². The smallest absolute Gasteiger partial charge is 0.107 e. The van der Waals surface area contributed by atoms with E-state index in [1.165, 1.54) is 37.0 Å². The topological polar surface area (TPSA) is 12.0 Å². The van der Waals surface area contributed by atoms with E-state index in [9.17, 15) is 0 Å². The minimum absolute atomic E-state index is 0.475. The Balaban J connectivity index is 1.69. The maximum Gasteiger partial charge on any atom is 0.107 e. The zero-order valence-corrected chi connectivity index (χ0v) is 13.7. The van der Waals surface area contributed by atoms with Crippen LogP contribution in [-0.4, -0.2) is 7.05 Å². The summed E-state index contributed by atoms with van der Waals surface area (Å²) >= 11 is 11.4. The van der Waals surface area contributed by atoms with Gasteiger partial charge in [-0.1, -0.05) is 18.0 Å². The molecule has 2 saturated carbocycles. The fourth-order valence-corrected chi connectivity index (χ4v) is 5.74. The lowest BCUT2D eigenvalue weighted by Crippen LogP contribution is -2.21. The van der Waals surface area contributed by atoms with Crippen molar-refractivity contribution in [2.75, 3.05) is 7.05 Å². The average Bonchev–Trinajstić information content (AvgIpc) is 3.03. The van der Waals surface area contributed by atoms with E-state index in [0.717, 1.165) is 26.6 Å². The van der Waals surface area contributed by atoms with E-state index in [4.69, 9.17) is 11.6 Å². The summed E-state index contributed by atoms with van der Waals surface area (Å²) in [6.45, 7) is 0. The largest absolute Gasteiger partial charge is 0.312 e. The second-order valence-electron chi connectivity index (χ2n) is 5.78. The summed E-state index contributed by atoms with van der Waals surface area (Å²) in [6, 6.07) is 2.66. The van der Waals surface area contributed by atoms with E-state index < -0.39 is 0 Å².